The molecular weight excluding hydrogens is 208 g/mol. The number of hydrogen-bond donors (Lipinski definition) is 1. The van der Waals surface area contributed by atoms with Crippen LogP contribution in [0.1, 0.15) is 30.4 Å². The molecule has 0 aliphatic carbocycles. The van der Waals surface area contributed by atoms with Crippen LogP contribution in [0.15, 0.2) is 12.1 Å². The van der Waals surface area contributed by atoms with Crippen LogP contribution in [0.5, 0.6) is 0 Å². The first kappa shape index (κ1) is 11.5. The van der Waals surface area contributed by atoms with Gasteiger partial charge in [-0.15, -0.1) is 0 Å². The molecule has 1 aromatic carbocycles. The molecule has 1 fully saturated rings. The highest BCUT2D eigenvalue weighted by molar-refractivity contribution is 5.25. The van der Waals surface area contributed by atoms with E-state index in [1.807, 2.05) is 0 Å². The molecule has 1 N–H and O–H groups in total. The van der Waals surface area contributed by atoms with Crippen molar-refractivity contribution in [2.45, 2.75) is 38.6 Å². The molecule has 0 radical (unpaired) electrons. The van der Waals surface area contributed by atoms with E-state index in [2.05, 4.69) is 5.32 Å². The number of halogens is 2. The quantitative estimate of drug-likeness (QED) is 0.816. The van der Waals surface area contributed by atoms with Crippen molar-refractivity contribution in [3.05, 3.63) is 34.9 Å². The van der Waals surface area contributed by atoms with E-state index >= 15 is 0 Å². The third kappa shape index (κ3) is 2.59. The summed E-state index contributed by atoms with van der Waals surface area (Å²) in [5.74, 6) is -0.878. The maximum atomic E-state index is 13.3. The predicted octanol–water partition coefficient (Wildman–Crippen LogP) is 2.96. The van der Waals surface area contributed by atoms with Crippen molar-refractivity contribution in [3.8, 4) is 0 Å². The van der Waals surface area contributed by atoms with Crippen molar-refractivity contribution >= 4 is 0 Å². The minimum Gasteiger partial charge on any atom is -0.314 e. The largest absolute Gasteiger partial charge is 0.314 e. The molecule has 1 aliphatic rings. The molecule has 2 rings (SSSR count). The van der Waals surface area contributed by atoms with Crippen molar-refractivity contribution in [1.82, 2.24) is 5.32 Å². The summed E-state index contributed by atoms with van der Waals surface area (Å²) in [5.41, 5.74) is 0.861. The Hall–Kier alpha value is -0.960. The minimum atomic E-state index is -0.439. The molecule has 1 aromatic rings. The molecule has 0 amide bonds. The second-order valence-corrected chi connectivity index (χ2v) is 4.54. The van der Waals surface area contributed by atoms with Gasteiger partial charge in [0.15, 0.2) is 0 Å². The minimum absolute atomic E-state index is 0.111. The van der Waals surface area contributed by atoms with Gasteiger partial charge in [-0.05, 0) is 50.4 Å². The molecule has 0 spiro atoms. The molecule has 0 bridgehead atoms. The standard InChI is InChI=1S/C13H17F2N/c1-9-12(14)7-10(8-13(9)15)6-11-4-2-3-5-16-11/h7-8,11,16H,2-6H2,1H3. The van der Waals surface area contributed by atoms with E-state index in [-0.39, 0.29) is 5.56 Å². The molecular formula is C13H17F2N. The Morgan fingerprint density at radius 2 is 1.94 bits per heavy atom. The summed E-state index contributed by atoms with van der Waals surface area (Å²) in [5, 5.41) is 3.38. The lowest BCUT2D eigenvalue weighted by Gasteiger charge is -2.23. The lowest BCUT2D eigenvalue weighted by molar-refractivity contribution is 0.398. The molecule has 0 saturated carbocycles. The van der Waals surface area contributed by atoms with Crippen molar-refractivity contribution in [1.29, 1.82) is 0 Å². The SMILES string of the molecule is Cc1c(F)cc(CC2CCCCN2)cc1F. The smallest absolute Gasteiger partial charge is 0.129 e. The van der Waals surface area contributed by atoms with E-state index < -0.39 is 11.6 Å². The molecule has 1 aliphatic heterocycles. The molecule has 1 heterocycles. The molecule has 3 heteroatoms. The highest BCUT2D eigenvalue weighted by Crippen LogP contribution is 2.18. The fourth-order valence-electron chi connectivity index (χ4n) is 2.20. The first-order valence-corrected chi connectivity index (χ1v) is 5.84. The van der Waals surface area contributed by atoms with E-state index in [4.69, 9.17) is 0 Å². The number of hydrogen-bond acceptors (Lipinski definition) is 1. The second kappa shape index (κ2) is 4.91. The van der Waals surface area contributed by atoms with Crippen molar-refractivity contribution < 1.29 is 8.78 Å². The monoisotopic (exact) mass is 225 g/mol. The summed E-state index contributed by atoms with van der Waals surface area (Å²) in [6.45, 7) is 2.48. The maximum absolute atomic E-state index is 13.3. The average molecular weight is 225 g/mol. The van der Waals surface area contributed by atoms with E-state index in [9.17, 15) is 8.78 Å². The normalized spacial score (nSPS) is 21.1. The van der Waals surface area contributed by atoms with Gasteiger partial charge in [-0.25, -0.2) is 8.78 Å². The molecule has 16 heavy (non-hydrogen) atoms. The lowest BCUT2D eigenvalue weighted by atomic mass is 9.97. The van der Waals surface area contributed by atoms with Gasteiger partial charge in [0, 0.05) is 11.6 Å². The second-order valence-electron chi connectivity index (χ2n) is 4.54. The molecule has 1 atom stereocenters. The Kier molecular flexibility index (Phi) is 3.54. The summed E-state index contributed by atoms with van der Waals surface area (Å²) < 4.78 is 26.7. The Balaban J connectivity index is 2.09. The predicted molar refractivity (Wildman–Crippen MR) is 60.4 cm³/mol. The van der Waals surface area contributed by atoms with Crippen LogP contribution in [0.2, 0.25) is 0 Å². The van der Waals surface area contributed by atoms with Crippen LogP contribution in [0, 0.1) is 18.6 Å². The van der Waals surface area contributed by atoms with Gasteiger partial charge in [0.1, 0.15) is 11.6 Å². The Bertz CT molecular complexity index is 347. The van der Waals surface area contributed by atoms with Crippen molar-refractivity contribution in [2.24, 2.45) is 0 Å². The molecule has 88 valence electrons. The number of piperidine rings is 1. The van der Waals surface area contributed by atoms with Crippen LogP contribution >= 0.6 is 0 Å². The van der Waals surface area contributed by atoms with Gasteiger partial charge < -0.3 is 5.32 Å². The Morgan fingerprint density at radius 1 is 1.25 bits per heavy atom. The van der Waals surface area contributed by atoms with Gasteiger partial charge in [0.25, 0.3) is 0 Å². The Labute approximate surface area is 94.9 Å². The van der Waals surface area contributed by atoms with Crippen LogP contribution < -0.4 is 5.32 Å². The van der Waals surface area contributed by atoms with Gasteiger partial charge in [-0.2, -0.15) is 0 Å². The van der Waals surface area contributed by atoms with Crippen molar-refractivity contribution in [2.75, 3.05) is 6.54 Å². The number of benzene rings is 1. The van der Waals surface area contributed by atoms with Crippen LogP contribution in [-0.2, 0) is 6.42 Å². The topological polar surface area (TPSA) is 12.0 Å². The van der Waals surface area contributed by atoms with Gasteiger partial charge in [-0.3, -0.25) is 0 Å². The highest BCUT2D eigenvalue weighted by atomic mass is 19.1. The zero-order valence-corrected chi connectivity index (χ0v) is 9.52. The zero-order chi connectivity index (χ0) is 11.5. The van der Waals surface area contributed by atoms with Crippen molar-refractivity contribution in [3.63, 3.8) is 0 Å². The summed E-state index contributed by atoms with van der Waals surface area (Å²) in [7, 11) is 0. The summed E-state index contributed by atoms with van der Waals surface area (Å²) in [4.78, 5) is 0. The number of rotatable bonds is 2. The van der Waals surface area contributed by atoms with Gasteiger partial charge in [0.05, 0.1) is 0 Å². The molecule has 1 unspecified atom stereocenters. The summed E-state index contributed by atoms with van der Waals surface area (Å²) in [6.07, 6.45) is 4.22. The van der Waals surface area contributed by atoms with Crippen LogP contribution in [0.3, 0.4) is 0 Å². The van der Waals surface area contributed by atoms with E-state index in [0.717, 1.165) is 18.5 Å². The summed E-state index contributed by atoms with van der Waals surface area (Å²) >= 11 is 0. The third-order valence-corrected chi connectivity index (χ3v) is 3.24. The maximum Gasteiger partial charge on any atom is 0.129 e. The molecule has 0 aromatic heterocycles. The van der Waals surface area contributed by atoms with Gasteiger partial charge >= 0.3 is 0 Å². The molecule has 1 saturated heterocycles. The van der Waals surface area contributed by atoms with Crippen LogP contribution in [-0.4, -0.2) is 12.6 Å². The van der Waals surface area contributed by atoms with Gasteiger partial charge in [0.2, 0.25) is 0 Å². The first-order valence-electron chi connectivity index (χ1n) is 5.84. The Morgan fingerprint density at radius 3 is 2.50 bits per heavy atom. The third-order valence-electron chi connectivity index (χ3n) is 3.24. The highest BCUT2D eigenvalue weighted by Gasteiger charge is 2.14. The fourth-order valence-corrected chi connectivity index (χ4v) is 2.20. The van der Waals surface area contributed by atoms with Gasteiger partial charge in [-0.1, -0.05) is 6.42 Å². The summed E-state index contributed by atoms with van der Waals surface area (Å²) in [6, 6.07) is 3.28. The number of nitrogens with one attached hydrogen (secondary N) is 1. The van der Waals surface area contributed by atoms with E-state index in [1.165, 1.54) is 31.9 Å². The van der Waals surface area contributed by atoms with Crippen LogP contribution in [0.25, 0.3) is 0 Å². The van der Waals surface area contributed by atoms with E-state index in [0.29, 0.717) is 12.5 Å². The first-order chi connectivity index (χ1) is 7.66. The van der Waals surface area contributed by atoms with E-state index in [1.54, 1.807) is 0 Å². The average Bonchev–Trinajstić information content (AvgIpc) is 2.27. The lowest BCUT2D eigenvalue weighted by Crippen LogP contribution is -2.35. The zero-order valence-electron chi connectivity index (χ0n) is 9.52. The fraction of sp³-hybridized carbons (Fsp3) is 0.538. The van der Waals surface area contributed by atoms with Crippen LogP contribution in [0.4, 0.5) is 8.78 Å². The molecule has 1 nitrogen and oxygen atoms in total.